The summed E-state index contributed by atoms with van der Waals surface area (Å²) < 4.78 is 1.09. The minimum atomic E-state index is 0.564. The molecular formula is C11H16IN3. The molecule has 0 aliphatic carbocycles. The fourth-order valence-electron chi connectivity index (χ4n) is 2.16. The first-order chi connectivity index (χ1) is 7.16. The van der Waals surface area contributed by atoms with Gasteiger partial charge in [0.05, 0.1) is 0 Å². The zero-order chi connectivity index (χ0) is 10.8. The maximum absolute atomic E-state index is 4.38. The molecule has 0 spiro atoms. The van der Waals surface area contributed by atoms with Gasteiger partial charge < -0.3 is 4.90 Å². The molecule has 0 bridgehead atoms. The smallest absolute Gasteiger partial charge is 0.225 e. The van der Waals surface area contributed by atoms with Gasteiger partial charge in [-0.2, -0.15) is 0 Å². The van der Waals surface area contributed by atoms with Gasteiger partial charge in [0.2, 0.25) is 5.95 Å². The average Bonchev–Trinajstić information content (AvgIpc) is 2.20. The van der Waals surface area contributed by atoms with E-state index in [-0.39, 0.29) is 0 Å². The molecule has 0 radical (unpaired) electrons. The van der Waals surface area contributed by atoms with Crippen molar-refractivity contribution in [3.8, 4) is 0 Å². The van der Waals surface area contributed by atoms with Gasteiger partial charge in [-0.25, -0.2) is 9.97 Å². The first-order valence-corrected chi connectivity index (χ1v) is 6.49. The van der Waals surface area contributed by atoms with Crippen molar-refractivity contribution in [1.29, 1.82) is 0 Å². The van der Waals surface area contributed by atoms with Crippen LogP contribution in [-0.2, 0) is 0 Å². The van der Waals surface area contributed by atoms with Gasteiger partial charge >= 0.3 is 0 Å². The third-order valence-electron chi connectivity index (χ3n) is 3.00. The van der Waals surface area contributed by atoms with Crippen molar-refractivity contribution < 1.29 is 0 Å². The van der Waals surface area contributed by atoms with Crippen LogP contribution in [0.5, 0.6) is 0 Å². The lowest BCUT2D eigenvalue weighted by Gasteiger charge is -2.36. The largest absolute Gasteiger partial charge is 0.338 e. The molecule has 4 heteroatoms. The van der Waals surface area contributed by atoms with Crippen LogP contribution in [0.25, 0.3) is 0 Å². The van der Waals surface area contributed by atoms with E-state index in [1.165, 1.54) is 12.8 Å². The molecule has 1 aliphatic heterocycles. The second-order valence-corrected chi connectivity index (χ2v) is 5.62. The summed E-state index contributed by atoms with van der Waals surface area (Å²) in [5.41, 5.74) is 0. The molecule has 0 aromatic carbocycles. The molecule has 2 heterocycles. The quantitative estimate of drug-likeness (QED) is 0.746. The summed E-state index contributed by atoms with van der Waals surface area (Å²) in [4.78, 5) is 11.1. The number of nitrogens with zero attached hydrogens (tertiary/aromatic N) is 3. The minimum absolute atomic E-state index is 0.564. The van der Waals surface area contributed by atoms with Gasteiger partial charge in [0.25, 0.3) is 0 Å². The lowest BCUT2D eigenvalue weighted by Crippen LogP contribution is -2.41. The number of piperidine rings is 1. The fourth-order valence-corrected chi connectivity index (χ4v) is 2.44. The van der Waals surface area contributed by atoms with Crippen molar-refractivity contribution in [1.82, 2.24) is 9.97 Å². The average molecular weight is 317 g/mol. The Morgan fingerprint density at radius 1 is 1.33 bits per heavy atom. The highest BCUT2D eigenvalue weighted by Gasteiger charge is 2.24. The summed E-state index contributed by atoms with van der Waals surface area (Å²) in [5, 5.41) is 0. The highest BCUT2D eigenvalue weighted by molar-refractivity contribution is 14.1. The van der Waals surface area contributed by atoms with E-state index in [4.69, 9.17) is 0 Å². The van der Waals surface area contributed by atoms with Crippen molar-refractivity contribution >= 4 is 28.5 Å². The van der Waals surface area contributed by atoms with Crippen LogP contribution in [0.3, 0.4) is 0 Å². The van der Waals surface area contributed by atoms with Gasteiger partial charge in [0.15, 0.2) is 0 Å². The molecule has 1 aliphatic rings. The second-order valence-electron chi connectivity index (χ2n) is 4.37. The Labute approximate surface area is 104 Å². The van der Waals surface area contributed by atoms with Crippen LogP contribution < -0.4 is 4.90 Å². The molecule has 2 atom stereocenters. The monoisotopic (exact) mass is 317 g/mol. The highest BCUT2D eigenvalue weighted by atomic mass is 127. The van der Waals surface area contributed by atoms with Crippen molar-refractivity contribution in [2.24, 2.45) is 5.92 Å². The Morgan fingerprint density at radius 3 is 2.60 bits per heavy atom. The molecule has 2 rings (SSSR count). The number of rotatable bonds is 1. The van der Waals surface area contributed by atoms with Crippen molar-refractivity contribution in [3.63, 3.8) is 0 Å². The molecule has 0 saturated carbocycles. The summed E-state index contributed by atoms with van der Waals surface area (Å²) in [6, 6.07) is 0.564. The molecule has 1 saturated heterocycles. The normalized spacial score (nSPS) is 26.7. The van der Waals surface area contributed by atoms with E-state index < -0.39 is 0 Å². The van der Waals surface area contributed by atoms with Crippen molar-refractivity contribution in [2.75, 3.05) is 11.4 Å². The molecule has 2 unspecified atom stereocenters. The number of aromatic nitrogens is 2. The molecule has 3 nitrogen and oxygen atoms in total. The van der Waals surface area contributed by atoms with Gasteiger partial charge in [0, 0.05) is 28.6 Å². The summed E-state index contributed by atoms with van der Waals surface area (Å²) in [7, 11) is 0. The zero-order valence-corrected chi connectivity index (χ0v) is 11.3. The Bertz CT molecular complexity index is 325. The standard InChI is InChI=1S/C11H16IN3/c1-8-3-4-15(9(2)5-8)11-13-6-10(12)7-14-11/h6-9H,3-5H2,1-2H3. The van der Waals surface area contributed by atoms with E-state index in [0.29, 0.717) is 6.04 Å². The van der Waals surface area contributed by atoms with Gasteiger partial charge in [-0.1, -0.05) is 6.92 Å². The topological polar surface area (TPSA) is 29.0 Å². The van der Waals surface area contributed by atoms with Crippen molar-refractivity contribution in [2.45, 2.75) is 32.7 Å². The number of hydrogen-bond donors (Lipinski definition) is 0. The van der Waals surface area contributed by atoms with Crippen LogP contribution in [0.15, 0.2) is 12.4 Å². The molecule has 15 heavy (non-hydrogen) atoms. The molecule has 0 amide bonds. The van der Waals surface area contributed by atoms with Crippen LogP contribution in [0.2, 0.25) is 0 Å². The number of anilines is 1. The van der Waals surface area contributed by atoms with E-state index in [2.05, 4.69) is 51.3 Å². The van der Waals surface area contributed by atoms with Crippen LogP contribution >= 0.6 is 22.6 Å². The molecular weight excluding hydrogens is 301 g/mol. The van der Waals surface area contributed by atoms with Crippen LogP contribution in [0, 0.1) is 9.49 Å². The molecule has 1 fully saturated rings. The van der Waals surface area contributed by atoms with E-state index in [0.717, 1.165) is 22.0 Å². The Hall–Kier alpha value is -0.390. The zero-order valence-electron chi connectivity index (χ0n) is 9.15. The Kier molecular flexibility index (Phi) is 3.43. The van der Waals surface area contributed by atoms with Gasteiger partial charge in [0.1, 0.15) is 0 Å². The van der Waals surface area contributed by atoms with E-state index >= 15 is 0 Å². The Balaban J connectivity index is 2.13. The van der Waals surface area contributed by atoms with Crippen LogP contribution in [0.1, 0.15) is 26.7 Å². The summed E-state index contributed by atoms with van der Waals surface area (Å²) in [6.07, 6.45) is 6.26. The highest BCUT2D eigenvalue weighted by Crippen LogP contribution is 2.25. The lowest BCUT2D eigenvalue weighted by molar-refractivity contribution is 0.374. The van der Waals surface area contributed by atoms with E-state index in [1.807, 2.05) is 12.4 Å². The fraction of sp³-hybridized carbons (Fsp3) is 0.636. The third-order valence-corrected chi connectivity index (χ3v) is 3.56. The SMILES string of the molecule is CC1CCN(c2ncc(I)cn2)C(C)C1. The molecule has 82 valence electrons. The van der Waals surface area contributed by atoms with Gasteiger partial charge in [-0.05, 0) is 48.3 Å². The maximum Gasteiger partial charge on any atom is 0.225 e. The lowest BCUT2D eigenvalue weighted by atomic mass is 9.94. The number of halogens is 1. The van der Waals surface area contributed by atoms with Gasteiger partial charge in [-0.15, -0.1) is 0 Å². The van der Waals surface area contributed by atoms with E-state index in [9.17, 15) is 0 Å². The van der Waals surface area contributed by atoms with Crippen LogP contribution in [-0.4, -0.2) is 22.6 Å². The maximum atomic E-state index is 4.38. The van der Waals surface area contributed by atoms with E-state index in [1.54, 1.807) is 0 Å². The predicted octanol–water partition coefficient (Wildman–Crippen LogP) is 2.71. The summed E-state index contributed by atoms with van der Waals surface area (Å²) in [5.74, 6) is 1.72. The third kappa shape index (κ3) is 2.59. The van der Waals surface area contributed by atoms with Crippen LogP contribution in [0.4, 0.5) is 5.95 Å². The molecule has 1 aromatic heterocycles. The first-order valence-electron chi connectivity index (χ1n) is 5.41. The second kappa shape index (κ2) is 4.63. The van der Waals surface area contributed by atoms with Gasteiger partial charge in [-0.3, -0.25) is 0 Å². The molecule has 1 aromatic rings. The first kappa shape index (κ1) is 11.1. The molecule has 0 N–H and O–H groups in total. The minimum Gasteiger partial charge on any atom is -0.338 e. The van der Waals surface area contributed by atoms with Crippen molar-refractivity contribution in [3.05, 3.63) is 16.0 Å². The summed E-state index contributed by atoms with van der Waals surface area (Å²) in [6.45, 7) is 5.67. The number of hydrogen-bond acceptors (Lipinski definition) is 3. The summed E-state index contributed by atoms with van der Waals surface area (Å²) >= 11 is 2.23. The predicted molar refractivity (Wildman–Crippen MR) is 70.0 cm³/mol. The Morgan fingerprint density at radius 2 is 2.00 bits per heavy atom.